The molecule has 2 rings (SSSR count). The number of ether oxygens (including phenoxy) is 2. The molecule has 2 aromatic rings. The Bertz CT molecular complexity index is 688. The number of anilines is 1. The van der Waals surface area contributed by atoms with Gasteiger partial charge in [-0.1, -0.05) is 19.0 Å². The van der Waals surface area contributed by atoms with Crippen molar-refractivity contribution in [3.8, 4) is 11.5 Å². The van der Waals surface area contributed by atoms with Crippen molar-refractivity contribution in [2.75, 3.05) is 19.5 Å². The number of nitrogens with one attached hydrogen (secondary N) is 1. The fourth-order valence-electron chi connectivity index (χ4n) is 2.38. The molecular weight excluding hydrogens is 308 g/mol. The van der Waals surface area contributed by atoms with Crippen LogP contribution in [0.5, 0.6) is 11.5 Å². The highest BCUT2D eigenvalue weighted by molar-refractivity contribution is 5.92. The molecular formula is C17H24N4O3. The fourth-order valence-corrected chi connectivity index (χ4v) is 2.38. The fraction of sp³-hybridized carbons (Fsp3) is 0.412. The van der Waals surface area contributed by atoms with Crippen LogP contribution in [0.3, 0.4) is 0 Å². The van der Waals surface area contributed by atoms with Crippen LogP contribution < -0.4 is 20.5 Å². The number of hydrogen-bond acceptors (Lipinski definition) is 5. The molecule has 0 saturated carbocycles. The Labute approximate surface area is 141 Å². The van der Waals surface area contributed by atoms with Gasteiger partial charge in [-0.3, -0.25) is 0 Å². The summed E-state index contributed by atoms with van der Waals surface area (Å²) in [5, 5.41) is 7.12. The van der Waals surface area contributed by atoms with Gasteiger partial charge in [0, 0.05) is 23.7 Å². The second kappa shape index (κ2) is 8.24. The molecule has 24 heavy (non-hydrogen) atoms. The second-order valence-corrected chi connectivity index (χ2v) is 5.13. The molecule has 130 valence electrons. The standard InChI is InChI=1S/C17H24N4O3/c1-5-13-12(14(6-2)24-21-13)10-19-17(18)20-11-7-8-15(22-3)16(9-11)23-4/h7-9H,5-6,10H2,1-4H3,(H3,18,19,20). The van der Waals surface area contributed by atoms with Gasteiger partial charge in [0.05, 0.1) is 26.5 Å². The van der Waals surface area contributed by atoms with Crippen molar-refractivity contribution < 1.29 is 14.0 Å². The van der Waals surface area contributed by atoms with Crippen LogP contribution in [0.2, 0.25) is 0 Å². The van der Waals surface area contributed by atoms with Crippen molar-refractivity contribution >= 4 is 11.6 Å². The summed E-state index contributed by atoms with van der Waals surface area (Å²) in [6.07, 6.45) is 1.58. The van der Waals surface area contributed by atoms with E-state index in [1.807, 2.05) is 19.9 Å². The number of methoxy groups -OCH3 is 2. The number of benzene rings is 1. The quantitative estimate of drug-likeness (QED) is 0.598. The van der Waals surface area contributed by atoms with Crippen molar-refractivity contribution in [3.05, 3.63) is 35.2 Å². The molecule has 1 aromatic carbocycles. The first-order valence-corrected chi connectivity index (χ1v) is 7.88. The zero-order chi connectivity index (χ0) is 17.5. The number of guanidine groups is 1. The normalized spacial score (nSPS) is 11.4. The van der Waals surface area contributed by atoms with Crippen molar-refractivity contribution in [3.63, 3.8) is 0 Å². The highest BCUT2D eigenvalue weighted by Gasteiger charge is 2.13. The summed E-state index contributed by atoms with van der Waals surface area (Å²) in [7, 11) is 3.18. The monoisotopic (exact) mass is 332 g/mol. The zero-order valence-corrected chi connectivity index (χ0v) is 14.5. The molecule has 3 N–H and O–H groups in total. The van der Waals surface area contributed by atoms with E-state index < -0.39 is 0 Å². The SMILES string of the molecule is CCc1noc(CC)c1CN=C(N)Nc1ccc(OC)c(OC)c1. The predicted molar refractivity (Wildman–Crippen MR) is 93.8 cm³/mol. The van der Waals surface area contributed by atoms with E-state index in [9.17, 15) is 0 Å². The van der Waals surface area contributed by atoms with Gasteiger partial charge in [0.15, 0.2) is 17.5 Å². The largest absolute Gasteiger partial charge is 0.493 e. The molecule has 7 heteroatoms. The number of nitrogens with zero attached hydrogens (tertiary/aromatic N) is 2. The Morgan fingerprint density at radius 2 is 1.96 bits per heavy atom. The van der Waals surface area contributed by atoms with Crippen molar-refractivity contribution in [2.24, 2.45) is 10.7 Å². The summed E-state index contributed by atoms with van der Waals surface area (Å²) in [5.74, 6) is 2.45. The molecule has 0 bridgehead atoms. The lowest BCUT2D eigenvalue weighted by Gasteiger charge is -2.11. The molecule has 0 aliphatic carbocycles. The molecule has 1 heterocycles. The van der Waals surface area contributed by atoms with Crippen LogP contribution in [0.15, 0.2) is 27.7 Å². The van der Waals surface area contributed by atoms with Crippen molar-refractivity contribution in [1.29, 1.82) is 0 Å². The van der Waals surface area contributed by atoms with Gasteiger partial charge in [0.25, 0.3) is 0 Å². The van der Waals surface area contributed by atoms with Gasteiger partial charge in [-0.15, -0.1) is 0 Å². The van der Waals surface area contributed by atoms with E-state index in [1.54, 1.807) is 26.4 Å². The van der Waals surface area contributed by atoms with Crippen molar-refractivity contribution in [1.82, 2.24) is 5.16 Å². The Morgan fingerprint density at radius 1 is 1.21 bits per heavy atom. The molecule has 0 atom stereocenters. The van der Waals surface area contributed by atoms with E-state index in [1.165, 1.54) is 0 Å². The van der Waals surface area contributed by atoms with Gasteiger partial charge in [-0.2, -0.15) is 0 Å². The van der Waals surface area contributed by atoms with E-state index in [0.29, 0.717) is 24.0 Å². The van der Waals surface area contributed by atoms with Gasteiger partial charge in [0.2, 0.25) is 0 Å². The average molecular weight is 332 g/mol. The van der Waals surface area contributed by atoms with Gasteiger partial charge in [0.1, 0.15) is 5.76 Å². The van der Waals surface area contributed by atoms with Crippen LogP contribution in [0.25, 0.3) is 0 Å². The minimum Gasteiger partial charge on any atom is -0.493 e. The topological polar surface area (TPSA) is 94.9 Å². The molecule has 0 amide bonds. The third-order valence-electron chi connectivity index (χ3n) is 3.67. The zero-order valence-electron chi connectivity index (χ0n) is 14.5. The number of rotatable bonds is 7. The summed E-state index contributed by atoms with van der Waals surface area (Å²) < 4.78 is 15.8. The lowest BCUT2D eigenvalue weighted by molar-refractivity contribution is 0.355. The summed E-state index contributed by atoms with van der Waals surface area (Å²) in [4.78, 5) is 4.39. The van der Waals surface area contributed by atoms with Crippen LogP contribution in [0.4, 0.5) is 5.69 Å². The van der Waals surface area contributed by atoms with Gasteiger partial charge >= 0.3 is 0 Å². The molecule has 0 saturated heterocycles. The Hall–Kier alpha value is -2.70. The lowest BCUT2D eigenvalue weighted by Crippen LogP contribution is -2.22. The van der Waals surface area contributed by atoms with E-state index in [-0.39, 0.29) is 0 Å². The maximum atomic E-state index is 5.98. The molecule has 0 aliphatic rings. The number of nitrogens with two attached hydrogens (primary N) is 1. The molecule has 1 aromatic heterocycles. The van der Waals surface area contributed by atoms with Crippen LogP contribution in [-0.2, 0) is 19.4 Å². The molecule has 0 aliphatic heterocycles. The highest BCUT2D eigenvalue weighted by atomic mass is 16.5. The Balaban J connectivity index is 2.11. The number of hydrogen-bond donors (Lipinski definition) is 2. The van der Waals surface area contributed by atoms with E-state index in [2.05, 4.69) is 15.5 Å². The summed E-state index contributed by atoms with van der Waals surface area (Å²) >= 11 is 0. The Morgan fingerprint density at radius 3 is 2.58 bits per heavy atom. The smallest absolute Gasteiger partial charge is 0.193 e. The molecule has 0 radical (unpaired) electrons. The minimum atomic E-state index is 0.313. The lowest BCUT2D eigenvalue weighted by atomic mass is 10.1. The minimum absolute atomic E-state index is 0.313. The van der Waals surface area contributed by atoms with E-state index in [4.69, 9.17) is 19.7 Å². The average Bonchev–Trinajstić information content (AvgIpc) is 3.01. The van der Waals surface area contributed by atoms with Gasteiger partial charge in [-0.25, -0.2) is 4.99 Å². The number of aliphatic imine (C=N–C) groups is 1. The number of aromatic nitrogens is 1. The highest BCUT2D eigenvalue weighted by Crippen LogP contribution is 2.29. The second-order valence-electron chi connectivity index (χ2n) is 5.13. The molecule has 7 nitrogen and oxygen atoms in total. The Kier molecular flexibility index (Phi) is 6.06. The van der Waals surface area contributed by atoms with E-state index in [0.717, 1.165) is 35.5 Å². The molecule has 0 spiro atoms. The van der Waals surface area contributed by atoms with E-state index >= 15 is 0 Å². The molecule has 0 unspecified atom stereocenters. The van der Waals surface area contributed by atoms with Crippen molar-refractivity contribution in [2.45, 2.75) is 33.2 Å². The maximum absolute atomic E-state index is 5.98. The van der Waals surface area contributed by atoms with Gasteiger partial charge < -0.3 is 25.0 Å². The van der Waals surface area contributed by atoms with Crippen LogP contribution >= 0.6 is 0 Å². The first kappa shape index (κ1) is 17.7. The summed E-state index contributed by atoms with van der Waals surface area (Å²) in [6, 6.07) is 5.45. The summed E-state index contributed by atoms with van der Waals surface area (Å²) in [6.45, 7) is 4.50. The van der Waals surface area contributed by atoms with Crippen LogP contribution in [0.1, 0.15) is 30.9 Å². The maximum Gasteiger partial charge on any atom is 0.193 e. The summed E-state index contributed by atoms with van der Waals surface area (Å²) in [5.41, 5.74) is 8.69. The predicted octanol–water partition coefficient (Wildman–Crippen LogP) is 2.74. The number of aryl methyl sites for hydroxylation is 2. The molecule has 0 fully saturated rings. The first-order valence-electron chi connectivity index (χ1n) is 7.88. The third kappa shape index (κ3) is 3.98. The van der Waals surface area contributed by atoms with Crippen LogP contribution in [-0.4, -0.2) is 25.3 Å². The van der Waals surface area contributed by atoms with Gasteiger partial charge in [-0.05, 0) is 18.6 Å². The first-order chi connectivity index (χ1) is 11.6. The third-order valence-corrected chi connectivity index (χ3v) is 3.67. The van der Waals surface area contributed by atoms with Crippen LogP contribution in [0, 0.1) is 0 Å².